The Labute approximate surface area is 101 Å². The van der Waals surface area contributed by atoms with Crippen molar-refractivity contribution in [3.05, 3.63) is 47.5 Å². The summed E-state index contributed by atoms with van der Waals surface area (Å²) in [5.74, 6) is 0.799. The van der Waals surface area contributed by atoms with Gasteiger partial charge in [-0.15, -0.1) is 0 Å². The van der Waals surface area contributed by atoms with E-state index in [9.17, 15) is 4.79 Å². The molecule has 3 rings (SSSR count). The Balaban J connectivity index is 2.30. The van der Waals surface area contributed by atoms with Gasteiger partial charge in [-0.2, -0.15) is 0 Å². The monoisotopic (exact) mass is 224 g/mol. The molecule has 0 saturated carbocycles. The van der Waals surface area contributed by atoms with E-state index in [1.54, 1.807) is 0 Å². The molecule has 1 aliphatic carbocycles. The fourth-order valence-electron chi connectivity index (χ4n) is 2.94. The van der Waals surface area contributed by atoms with Gasteiger partial charge >= 0.3 is 0 Å². The van der Waals surface area contributed by atoms with E-state index in [-0.39, 0.29) is 5.92 Å². The highest BCUT2D eigenvalue weighted by Crippen LogP contribution is 2.42. The number of carbonyl (C=O) groups excluding carboxylic acids is 1. The summed E-state index contributed by atoms with van der Waals surface area (Å²) in [5, 5.41) is 2.38. The third kappa shape index (κ3) is 1.35. The molecule has 86 valence electrons. The van der Waals surface area contributed by atoms with Crippen LogP contribution in [0.15, 0.2) is 36.4 Å². The summed E-state index contributed by atoms with van der Waals surface area (Å²) in [6.45, 7) is 4.33. The zero-order valence-corrected chi connectivity index (χ0v) is 10.2. The summed E-state index contributed by atoms with van der Waals surface area (Å²) in [6, 6.07) is 12.3. The van der Waals surface area contributed by atoms with Crippen LogP contribution in [0.25, 0.3) is 10.8 Å². The van der Waals surface area contributed by atoms with Crippen LogP contribution in [-0.2, 0) is 0 Å². The minimum atomic E-state index is 0.0705. The van der Waals surface area contributed by atoms with E-state index in [1.807, 2.05) is 12.1 Å². The van der Waals surface area contributed by atoms with Gasteiger partial charge < -0.3 is 0 Å². The van der Waals surface area contributed by atoms with Gasteiger partial charge in [-0.1, -0.05) is 56.7 Å². The van der Waals surface area contributed by atoms with Gasteiger partial charge in [0.1, 0.15) is 0 Å². The molecule has 17 heavy (non-hydrogen) atoms. The van der Waals surface area contributed by atoms with Crippen LogP contribution in [0, 0.1) is 5.92 Å². The highest BCUT2D eigenvalue weighted by molar-refractivity contribution is 6.18. The number of hydrogen-bond acceptors (Lipinski definition) is 1. The van der Waals surface area contributed by atoms with Gasteiger partial charge in [-0.05, 0) is 22.3 Å². The van der Waals surface area contributed by atoms with Crippen LogP contribution in [0.4, 0.5) is 0 Å². The normalized spacial score (nSPS) is 19.9. The number of Topliss-reactive ketones (excluding diaryl/α,β-unsaturated/α-hetero) is 1. The molecular formula is C16H16O. The Morgan fingerprint density at radius 2 is 1.88 bits per heavy atom. The number of carbonyl (C=O) groups is 1. The van der Waals surface area contributed by atoms with Crippen LogP contribution in [0.2, 0.25) is 0 Å². The second kappa shape index (κ2) is 3.69. The predicted molar refractivity (Wildman–Crippen MR) is 70.5 cm³/mol. The Morgan fingerprint density at radius 1 is 1.18 bits per heavy atom. The number of ketones is 1. The molecule has 1 heteroatoms. The average Bonchev–Trinajstić information content (AvgIpc) is 2.65. The van der Waals surface area contributed by atoms with Crippen LogP contribution in [0.1, 0.15) is 42.1 Å². The molecule has 0 heterocycles. The highest BCUT2D eigenvalue weighted by atomic mass is 16.1. The molecule has 0 aromatic heterocycles. The van der Waals surface area contributed by atoms with Gasteiger partial charge in [0.05, 0.1) is 5.92 Å². The van der Waals surface area contributed by atoms with Crippen molar-refractivity contribution in [3.63, 3.8) is 0 Å². The zero-order valence-electron chi connectivity index (χ0n) is 10.2. The highest BCUT2D eigenvalue weighted by Gasteiger charge is 2.35. The first-order valence-electron chi connectivity index (χ1n) is 6.30. The van der Waals surface area contributed by atoms with Crippen molar-refractivity contribution in [2.75, 3.05) is 0 Å². The molecule has 1 aliphatic rings. The lowest BCUT2D eigenvalue weighted by molar-refractivity contribution is 0.0942. The standard InChI is InChI=1S/C16H16O/c1-3-10(2)14-12-8-4-6-11-7-5-9-13(15(11)12)16(14)17/h4-10,14H,3H2,1-2H3. The Hall–Kier alpha value is -1.63. The van der Waals surface area contributed by atoms with E-state index in [4.69, 9.17) is 0 Å². The lowest BCUT2D eigenvalue weighted by Crippen LogP contribution is -2.14. The van der Waals surface area contributed by atoms with Gasteiger partial charge in [-0.25, -0.2) is 0 Å². The summed E-state index contributed by atoms with van der Waals surface area (Å²) in [6.07, 6.45) is 1.04. The molecule has 0 radical (unpaired) electrons. The molecule has 0 spiro atoms. The van der Waals surface area contributed by atoms with E-state index < -0.39 is 0 Å². The van der Waals surface area contributed by atoms with Gasteiger partial charge in [0.2, 0.25) is 0 Å². The number of benzene rings is 2. The molecule has 0 N–H and O–H groups in total. The lowest BCUT2D eigenvalue weighted by atomic mass is 9.85. The van der Waals surface area contributed by atoms with Crippen LogP contribution >= 0.6 is 0 Å². The van der Waals surface area contributed by atoms with E-state index in [0.29, 0.717) is 11.7 Å². The van der Waals surface area contributed by atoms with Crippen molar-refractivity contribution < 1.29 is 4.79 Å². The summed E-state index contributed by atoms with van der Waals surface area (Å²) < 4.78 is 0. The molecule has 1 nitrogen and oxygen atoms in total. The summed E-state index contributed by atoms with van der Waals surface area (Å²) in [4.78, 5) is 12.5. The molecule has 2 aromatic rings. The van der Waals surface area contributed by atoms with E-state index in [2.05, 4.69) is 38.1 Å². The maximum Gasteiger partial charge on any atom is 0.171 e. The van der Waals surface area contributed by atoms with Gasteiger partial charge in [0.15, 0.2) is 5.78 Å². The molecule has 0 amide bonds. The number of hydrogen-bond donors (Lipinski definition) is 0. The van der Waals surface area contributed by atoms with E-state index in [0.717, 1.165) is 12.0 Å². The smallest absolute Gasteiger partial charge is 0.171 e. The van der Waals surface area contributed by atoms with Crippen LogP contribution < -0.4 is 0 Å². The quantitative estimate of drug-likeness (QED) is 0.748. The SMILES string of the molecule is CCC(C)C1C(=O)c2cccc3cccc1c23. The lowest BCUT2D eigenvalue weighted by Gasteiger charge is -2.17. The fraction of sp³-hybridized carbons (Fsp3) is 0.312. The molecule has 0 saturated heterocycles. The molecule has 2 aromatic carbocycles. The van der Waals surface area contributed by atoms with Gasteiger partial charge in [-0.3, -0.25) is 4.79 Å². The zero-order chi connectivity index (χ0) is 12.0. The van der Waals surface area contributed by atoms with Crippen molar-refractivity contribution in [1.29, 1.82) is 0 Å². The minimum absolute atomic E-state index is 0.0705. The van der Waals surface area contributed by atoms with Gasteiger partial charge in [0, 0.05) is 5.56 Å². The number of rotatable bonds is 2. The Morgan fingerprint density at radius 3 is 2.59 bits per heavy atom. The maximum absolute atomic E-state index is 12.5. The molecule has 2 atom stereocenters. The minimum Gasteiger partial charge on any atom is -0.293 e. The van der Waals surface area contributed by atoms with Crippen molar-refractivity contribution in [2.45, 2.75) is 26.2 Å². The first kappa shape index (κ1) is 10.5. The van der Waals surface area contributed by atoms with E-state index in [1.165, 1.54) is 16.3 Å². The Kier molecular flexibility index (Phi) is 2.29. The molecule has 0 aliphatic heterocycles. The summed E-state index contributed by atoms with van der Waals surface area (Å²) in [7, 11) is 0. The average molecular weight is 224 g/mol. The second-order valence-electron chi connectivity index (χ2n) is 4.98. The van der Waals surface area contributed by atoms with Crippen LogP contribution in [0.5, 0.6) is 0 Å². The Bertz CT molecular complexity index is 592. The first-order chi connectivity index (χ1) is 8.24. The second-order valence-corrected chi connectivity index (χ2v) is 4.98. The molecule has 0 bridgehead atoms. The largest absolute Gasteiger partial charge is 0.293 e. The van der Waals surface area contributed by atoms with Crippen LogP contribution in [-0.4, -0.2) is 5.78 Å². The van der Waals surface area contributed by atoms with Crippen molar-refractivity contribution in [2.24, 2.45) is 5.92 Å². The topological polar surface area (TPSA) is 17.1 Å². The van der Waals surface area contributed by atoms with Crippen molar-refractivity contribution in [1.82, 2.24) is 0 Å². The van der Waals surface area contributed by atoms with Gasteiger partial charge in [0.25, 0.3) is 0 Å². The third-order valence-electron chi connectivity index (χ3n) is 4.03. The van der Waals surface area contributed by atoms with Crippen molar-refractivity contribution >= 4 is 16.6 Å². The summed E-state index contributed by atoms with van der Waals surface area (Å²) in [5.41, 5.74) is 2.15. The first-order valence-corrected chi connectivity index (χ1v) is 6.30. The van der Waals surface area contributed by atoms with E-state index >= 15 is 0 Å². The molecular weight excluding hydrogens is 208 g/mol. The molecule has 2 unspecified atom stereocenters. The molecule has 0 fully saturated rings. The predicted octanol–water partition coefficient (Wildman–Crippen LogP) is 4.17. The fourth-order valence-corrected chi connectivity index (χ4v) is 2.94. The van der Waals surface area contributed by atoms with Crippen molar-refractivity contribution in [3.8, 4) is 0 Å². The van der Waals surface area contributed by atoms with Crippen LogP contribution in [0.3, 0.4) is 0 Å². The summed E-state index contributed by atoms with van der Waals surface area (Å²) >= 11 is 0. The third-order valence-corrected chi connectivity index (χ3v) is 4.03. The maximum atomic E-state index is 12.5.